The monoisotopic (exact) mass is 718 g/mol. The lowest BCUT2D eigenvalue weighted by Gasteiger charge is -2.36. The van der Waals surface area contributed by atoms with Gasteiger partial charge in [-0.1, -0.05) is 177 Å². The second-order valence-electron chi connectivity index (χ2n) is 15.0. The highest BCUT2D eigenvalue weighted by molar-refractivity contribution is 5.86. The zero-order valence-corrected chi connectivity index (χ0v) is 31.0. The molecular formula is C52H38N4. The molecule has 0 N–H and O–H groups in total. The van der Waals surface area contributed by atoms with Gasteiger partial charge in [-0.3, -0.25) is 0 Å². The average molecular weight is 719 g/mol. The number of fused-ring (bicyclic) bond motifs is 5. The zero-order valence-electron chi connectivity index (χ0n) is 31.0. The molecule has 4 heteroatoms. The van der Waals surface area contributed by atoms with E-state index in [1.807, 2.05) is 66.7 Å². The van der Waals surface area contributed by atoms with E-state index in [4.69, 9.17) is 21.5 Å². The van der Waals surface area contributed by atoms with E-state index in [1.54, 1.807) is 0 Å². The van der Waals surface area contributed by atoms with Gasteiger partial charge in [-0.05, 0) is 80.6 Å². The van der Waals surface area contributed by atoms with Crippen LogP contribution in [0, 0.1) is 6.57 Å². The highest BCUT2D eigenvalue weighted by atomic mass is 15.0. The van der Waals surface area contributed by atoms with Gasteiger partial charge in [-0.25, -0.2) is 19.8 Å². The van der Waals surface area contributed by atoms with Crippen molar-refractivity contribution in [3.05, 3.63) is 192 Å². The van der Waals surface area contributed by atoms with Gasteiger partial charge < -0.3 is 0 Å². The van der Waals surface area contributed by atoms with Crippen LogP contribution in [0.15, 0.2) is 170 Å². The summed E-state index contributed by atoms with van der Waals surface area (Å²) in [6, 6.07) is 59.8. The first-order chi connectivity index (χ1) is 27.6. The van der Waals surface area contributed by atoms with E-state index in [-0.39, 0.29) is 5.41 Å². The van der Waals surface area contributed by atoms with Crippen LogP contribution >= 0.6 is 0 Å². The topological polar surface area (TPSA) is 43.0 Å². The second kappa shape index (κ2) is 14.0. The van der Waals surface area contributed by atoms with Crippen LogP contribution in [-0.2, 0) is 5.41 Å². The first-order valence-electron chi connectivity index (χ1n) is 19.5. The molecule has 4 nitrogen and oxygen atoms in total. The molecule has 0 atom stereocenters. The van der Waals surface area contributed by atoms with E-state index in [1.165, 1.54) is 63.8 Å². The van der Waals surface area contributed by atoms with Crippen molar-refractivity contribution >= 4 is 5.69 Å². The number of nitrogens with zero attached hydrogens (tertiary/aromatic N) is 4. The standard InChI is InChI=1S/C52H38N4/c1-53-44-27-29-46-45-28-26-43(33-47(45)52(48(46)34-44)30-9-4-10-31-52)42-17-11-16-41(32-42)37-20-18-35(19-21-37)36-22-24-40(25-23-36)51-55-49(38-12-5-2-6-13-38)54-50(56-51)39-14-7-3-8-15-39/h2-3,5-8,11-29,32-34H,4,9-10,30-31H2. The molecule has 2 aliphatic rings. The summed E-state index contributed by atoms with van der Waals surface area (Å²) in [5.41, 5.74) is 16.2. The number of rotatable bonds is 6. The summed E-state index contributed by atoms with van der Waals surface area (Å²) in [6.45, 7) is 7.68. The maximum atomic E-state index is 7.68. The van der Waals surface area contributed by atoms with Crippen molar-refractivity contribution in [2.45, 2.75) is 37.5 Å². The molecule has 0 saturated heterocycles. The fraction of sp³-hybridized carbons (Fsp3) is 0.115. The molecule has 2 aliphatic carbocycles. The third kappa shape index (κ3) is 5.99. The fourth-order valence-corrected chi connectivity index (χ4v) is 8.91. The van der Waals surface area contributed by atoms with E-state index in [0.717, 1.165) is 46.3 Å². The highest BCUT2D eigenvalue weighted by Gasteiger charge is 2.43. The smallest absolute Gasteiger partial charge is 0.187 e. The van der Waals surface area contributed by atoms with Crippen molar-refractivity contribution in [1.82, 2.24) is 15.0 Å². The number of hydrogen-bond donors (Lipinski definition) is 0. The van der Waals surface area contributed by atoms with Crippen molar-refractivity contribution < 1.29 is 0 Å². The van der Waals surface area contributed by atoms with Crippen LogP contribution in [0.5, 0.6) is 0 Å². The van der Waals surface area contributed by atoms with Gasteiger partial charge in [0, 0.05) is 22.1 Å². The molecule has 10 rings (SSSR count). The van der Waals surface area contributed by atoms with E-state index < -0.39 is 0 Å². The average Bonchev–Trinajstić information content (AvgIpc) is 3.54. The van der Waals surface area contributed by atoms with Gasteiger partial charge in [-0.15, -0.1) is 0 Å². The lowest BCUT2D eigenvalue weighted by molar-refractivity contribution is 0.353. The Labute approximate surface area is 328 Å². The summed E-state index contributed by atoms with van der Waals surface area (Å²) < 4.78 is 0. The maximum absolute atomic E-state index is 7.68. The van der Waals surface area contributed by atoms with E-state index in [2.05, 4.69) is 108 Å². The number of benzene rings is 7. The van der Waals surface area contributed by atoms with Crippen LogP contribution in [0.3, 0.4) is 0 Å². The maximum Gasteiger partial charge on any atom is 0.187 e. The Morgan fingerprint density at radius 2 is 0.786 bits per heavy atom. The molecule has 1 spiro atoms. The largest absolute Gasteiger partial charge is 0.238 e. The number of aromatic nitrogens is 3. The van der Waals surface area contributed by atoms with Gasteiger partial charge in [0.2, 0.25) is 0 Å². The van der Waals surface area contributed by atoms with Crippen LogP contribution in [0.1, 0.15) is 43.2 Å². The van der Waals surface area contributed by atoms with Crippen molar-refractivity contribution in [2.75, 3.05) is 0 Å². The lowest BCUT2D eigenvalue weighted by atomic mass is 9.67. The molecule has 0 unspecified atom stereocenters. The van der Waals surface area contributed by atoms with E-state index in [9.17, 15) is 0 Å². The van der Waals surface area contributed by atoms with Crippen molar-refractivity contribution in [1.29, 1.82) is 0 Å². The first kappa shape index (κ1) is 33.6. The summed E-state index contributed by atoms with van der Waals surface area (Å²) in [5, 5.41) is 0. The summed E-state index contributed by atoms with van der Waals surface area (Å²) in [4.78, 5) is 18.4. The van der Waals surface area contributed by atoms with Crippen LogP contribution in [-0.4, -0.2) is 15.0 Å². The molecule has 1 aromatic heterocycles. The zero-order chi connectivity index (χ0) is 37.5. The Balaban J connectivity index is 0.925. The summed E-state index contributed by atoms with van der Waals surface area (Å²) in [6.07, 6.45) is 6.04. The third-order valence-corrected chi connectivity index (χ3v) is 11.8. The summed E-state index contributed by atoms with van der Waals surface area (Å²) in [5.74, 6) is 1.96. The number of hydrogen-bond acceptors (Lipinski definition) is 3. The minimum absolute atomic E-state index is 0.00675. The van der Waals surface area contributed by atoms with Gasteiger partial charge >= 0.3 is 0 Å². The third-order valence-electron chi connectivity index (χ3n) is 11.8. The predicted octanol–water partition coefficient (Wildman–Crippen LogP) is 13.7. The summed E-state index contributed by atoms with van der Waals surface area (Å²) >= 11 is 0. The molecule has 8 aromatic rings. The Kier molecular flexibility index (Phi) is 8.42. The molecule has 7 aromatic carbocycles. The molecular weight excluding hydrogens is 681 g/mol. The SMILES string of the molecule is [C-]#[N+]c1ccc2c(c1)C1(CCCCC1)c1cc(-c3cccc(-c4ccc(-c5ccc(-c6nc(-c7ccccc7)nc(-c7ccccc7)n6)cc5)cc4)c3)ccc1-2. The molecule has 1 fully saturated rings. The normalized spacial score (nSPS) is 13.8. The highest BCUT2D eigenvalue weighted by Crippen LogP contribution is 2.57. The van der Waals surface area contributed by atoms with Crippen LogP contribution in [0.25, 0.3) is 83.5 Å². The predicted molar refractivity (Wildman–Crippen MR) is 228 cm³/mol. The minimum Gasteiger partial charge on any atom is -0.238 e. The Morgan fingerprint density at radius 3 is 1.34 bits per heavy atom. The molecule has 1 heterocycles. The minimum atomic E-state index is 0.00675. The fourth-order valence-electron chi connectivity index (χ4n) is 8.91. The van der Waals surface area contributed by atoms with Gasteiger partial charge in [0.1, 0.15) is 0 Å². The van der Waals surface area contributed by atoms with Crippen LogP contribution < -0.4 is 0 Å². The van der Waals surface area contributed by atoms with Crippen molar-refractivity contribution in [3.63, 3.8) is 0 Å². The molecule has 0 amide bonds. The first-order valence-corrected chi connectivity index (χ1v) is 19.5. The molecule has 0 bridgehead atoms. The van der Waals surface area contributed by atoms with E-state index in [0.29, 0.717) is 17.5 Å². The van der Waals surface area contributed by atoms with Crippen molar-refractivity contribution in [3.8, 4) is 78.7 Å². The second-order valence-corrected chi connectivity index (χ2v) is 15.0. The Hall–Kier alpha value is -6.96. The van der Waals surface area contributed by atoms with E-state index >= 15 is 0 Å². The lowest BCUT2D eigenvalue weighted by Crippen LogP contribution is -2.28. The Bertz CT molecular complexity index is 2700. The van der Waals surface area contributed by atoms with Crippen LogP contribution in [0.2, 0.25) is 0 Å². The van der Waals surface area contributed by atoms with Gasteiger partial charge in [0.25, 0.3) is 0 Å². The van der Waals surface area contributed by atoms with Gasteiger partial charge in [0.05, 0.1) is 6.57 Å². The molecule has 0 radical (unpaired) electrons. The molecule has 56 heavy (non-hydrogen) atoms. The Morgan fingerprint density at radius 1 is 0.375 bits per heavy atom. The molecule has 1 saturated carbocycles. The quantitative estimate of drug-likeness (QED) is 0.161. The van der Waals surface area contributed by atoms with Crippen molar-refractivity contribution in [2.24, 2.45) is 0 Å². The summed E-state index contributed by atoms with van der Waals surface area (Å²) in [7, 11) is 0. The van der Waals surface area contributed by atoms with Gasteiger partial charge in [-0.2, -0.15) is 0 Å². The van der Waals surface area contributed by atoms with Gasteiger partial charge in [0.15, 0.2) is 23.2 Å². The molecule has 0 aliphatic heterocycles. The molecule has 266 valence electrons. The van der Waals surface area contributed by atoms with Crippen LogP contribution in [0.4, 0.5) is 5.69 Å².